The number of aryl methyl sites for hydroxylation is 1. The molecular formula is C13H19NS. The molecule has 0 aliphatic carbocycles. The van der Waals surface area contributed by atoms with Crippen LogP contribution in [0.3, 0.4) is 0 Å². The van der Waals surface area contributed by atoms with E-state index in [1.165, 1.54) is 36.4 Å². The molecule has 0 spiro atoms. The van der Waals surface area contributed by atoms with Crippen molar-refractivity contribution >= 4 is 11.8 Å². The van der Waals surface area contributed by atoms with Gasteiger partial charge in [-0.2, -0.15) is 11.8 Å². The summed E-state index contributed by atoms with van der Waals surface area (Å²) in [6.07, 6.45) is 1.36. The Hall–Kier alpha value is -0.470. The zero-order chi connectivity index (χ0) is 10.5. The summed E-state index contributed by atoms with van der Waals surface area (Å²) in [5.41, 5.74) is 2.83. The molecule has 1 unspecified atom stereocenters. The summed E-state index contributed by atoms with van der Waals surface area (Å²) < 4.78 is 0. The van der Waals surface area contributed by atoms with Crippen molar-refractivity contribution < 1.29 is 0 Å². The molecule has 1 atom stereocenters. The number of rotatable bonds is 4. The Kier molecular flexibility index (Phi) is 4.09. The lowest BCUT2D eigenvalue weighted by molar-refractivity contribution is 0.662. The van der Waals surface area contributed by atoms with Gasteiger partial charge in [0, 0.05) is 5.75 Å². The molecular weight excluding hydrogens is 202 g/mol. The lowest BCUT2D eigenvalue weighted by Crippen LogP contribution is -2.10. The normalized spacial score (nSPS) is 20.7. The van der Waals surface area contributed by atoms with Crippen molar-refractivity contribution in [1.29, 1.82) is 0 Å². The fourth-order valence-corrected chi connectivity index (χ4v) is 3.15. The van der Waals surface area contributed by atoms with Gasteiger partial charge in [0.25, 0.3) is 0 Å². The lowest BCUT2D eigenvalue weighted by atomic mass is 10.2. The zero-order valence-electron chi connectivity index (χ0n) is 9.33. The van der Waals surface area contributed by atoms with Crippen LogP contribution in [-0.4, -0.2) is 18.8 Å². The van der Waals surface area contributed by atoms with Gasteiger partial charge in [-0.1, -0.05) is 29.8 Å². The van der Waals surface area contributed by atoms with Crippen LogP contribution >= 0.6 is 11.8 Å². The maximum Gasteiger partial charge on any atom is 0.0184 e. The third kappa shape index (κ3) is 3.54. The molecule has 0 bridgehead atoms. The highest BCUT2D eigenvalue weighted by Crippen LogP contribution is 2.19. The van der Waals surface area contributed by atoms with Crippen LogP contribution in [0.4, 0.5) is 0 Å². The van der Waals surface area contributed by atoms with Crippen molar-refractivity contribution in [3.8, 4) is 0 Å². The maximum absolute atomic E-state index is 3.42. The Bertz CT molecular complexity index is 305. The number of benzene rings is 1. The molecule has 1 aromatic carbocycles. The average Bonchev–Trinajstić information content (AvgIpc) is 2.71. The molecule has 1 nitrogen and oxygen atoms in total. The van der Waals surface area contributed by atoms with Crippen LogP contribution in [0.2, 0.25) is 0 Å². The van der Waals surface area contributed by atoms with Gasteiger partial charge in [0.05, 0.1) is 0 Å². The third-order valence-corrected chi connectivity index (χ3v) is 4.11. The highest BCUT2D eigenvalue weighted by Gasteiger charge is 2.13. The summed E-state index contributed by atoms with van der Waals surface area (Å²) >= 11 is 2.07. The maximum atomic E-state index is 3.42. The van der Waals surface area contributed by atoms with E-state index < -0.39 is 0 Å². The Morgan fingerprint density at radius 2 is 2.40 bits per heavy atom. The molecule has 1 aliphatic heterocycles. The first-order valence-corrected chi connectivity index (χ1v) is 6.84. The minimum absolute atomic E-state index is 0.903. The van der Waals surface area contributed by atoms with Crippen LogP contribution in [0.15, 0.2) is 24.3 Å². The first-order valence-electron chi connectivity index (χ1n) is 5.68. The Labute approximate surface area is 96.7 Å². The first-order chi connectivity index (χ1) is 7.34. The number of hydrogen-bond donors (Lipinski definition) is 1. The second kappa shape index (κ2) is 5.57. The largest absolute Gasteiger partial charge is 0.316 e. The van der Waals surface area contributed by atoms with Crippen molar-refractivity contribution in [3.05, 3.63) is 35.4 Å². The molecule has 15 heavy (non-hydrogen) atoms. The molecule has 2 rings (SSSR count). The molecule has 1 aromatic rings. The predicted octanol–water partition coefficient (Wildman–Crippen LogP) is 2.84. The monoisotopic (exact) mass is 221 g/mol. The van der Waals surface area contributed by atoms with E-state index in [1.54, 1.807) is 0 Å². The van der Waals surface area contributed by atoms with Gasteiger partial charge < -0.3 is 5.32 Å². The summed E-state index contributed by atoms with van der Waals surface area (Å²) in [4.78, 5) is 0. The van der Waals surface area contributed by atoms with Crippen LogP contribution in [-0.2, 0) is 5.75 Å². The van der Waals surface area contributed by atoms with Gasteiger partial charge in [0.1, 0.15) is 0 Å². The third-order valence-electron chi connectivity index (χ3n) is 2.87. The summed E-state index contributed by atoms with van der Waals surface area (Å²) in [5.74, 6) is 3.37. The molecule has 1 saturated heterocycles. The lowest BCUT2D eigenvalue weighted by Gasteiger charge is -2.07. The van der Waals surface area contributed by atoms with Crippen molar-refractivity contribution in [2.75, 3.05) is 18.8 Å². The van der Waals surface area contributed by atoms with E-state index in [-0.39, 0.29) is 0 Å². The quantitative estimate of drug-likeness (QED) is 0.839. The van der Waals surface area contributed by atoms with Crippen molar-refractivity contribution in [2.24, 2.45) is 5.92 Å². The van der Waals surface area contributed by atoms with Crippen LogP contribution in [0.25, 0.3) is 0 Å². The molecule has 2 heteroatoms. The zero-order valence-corrected chi connectivity index (χ0v) is 10.1. The van der Waals surface area contributed by atoms with E-state index in [2.05, 4.69) is 48.3 Å². The number of nitrogens with one attached hydrogen (secondary N) is 1. The van der Waals surface area contributed by atoms with E-state index in [9.17, 15) is 0 Å². The average molecular weight is 221 g/mol. The Morgan fingerprint density at radius 1 is 1.47 bits per heavy atom. The fraction of sp³-hybridized carbons (Fsp3) is 0.538. The Morgan fingerprint density at radius 3 is 3.13 bits per heavy atom. The van der Waals surface area contributed by atoms with Crippen LogP contribution in [0.5, 0.6) is 0 Å². The van der Waals surface area contributed by atoms with Crippen molar-refractivity contribution in [2.45, 2.75) is 19.1 Å². The van der Waals surface area contributed by atoms with E-state index in [0.29, 0.717) is 0 Å². The summed E-state index contributed by atoms with van der Waals surface area (Å²) in [6.45, 7) is 4.60. The summed E-state index contributed by atoms with van der Waals surface area (Å²) in [6, 6.07) is 8.84. The van der Waals surface area contributed by atoms with Crippen molar-refractivity contribution in [3.63, 3.8) is 0 Å². The molecule has 1 N–H and O–H groups in total. The van der Waals surface area contributed by atoms with Gasteiger partial charge in [0.2, 0.25) is 0 Å². The van der Waals surface area contributed by atoms with Gasteiger partial charge in [-0.3, -0.25) is 0 Å². The van der Waals surface area contributed by atoms with Crippen LogP contribution < -0.4 is 5.32 Å². The highest BCUT2D eigenvalue weighted by molar-refractivity contribution is 7.98. The molecule has 1 aliphatic rings. The van der Waals surface area contributed by atoms with Gasteiger partial charge in [-0.25, -0.2) is 0 Å². The van der Waals surface area contributed by atoms with Gasteiger partial charge in [0.15, 0.2) is 0 Å². The highest BCUT2D eigenvalue weighted by atomic mass is 32.2. The molecule has 1 fully saturated rings. The van der Waals surface area contributed by atoms with Gasteiger partial charge >= 0.3 is 0 Å². The minimum atomic E-state index is 0.903. The number of thioether (sulfide) groups is 1. The standard InChI is InChI=1S/C13H19NS/c1-11-3-2-4-12(7-11)9-15-10-13-5-6-14-8-13/h2-4,7,13-14H,5-6,8-10H2,1H3. The van der Waals surface area contributed by atoms with Crippen LogP contribution in [0.1, 0.15) is 17.5 Å². The second-order valence-electron chi connectivity index (χ2n) is 4.36. The summed E-state index contributed by atoms with van der Waals surface area (Å²) in [5, 5.41) is 3.42. The van der Waals surface area contributed by atoms with Crippen LogP contribution in [0, 0.1) is 12.8 Å². The topological polar surface area (TPSA) is 12.0 Å². The molecule has 0 radical (unpaired) electrons. The van der Waals surface area contributed by atoms with E-state index >= 15 is 0 Å². The molecule has 0 saturated carbocycles. The first kappa shape index (κ1) is 11.0. The molecule has 0 aromatic heterocycles. The van der Waals surface area contributed by atoms with E-state index in [0.717, 1.165) is 11.7 Å². The second-order valence-corrected chi connectivity index (χ2v) is 5.39. The fourth-order valence-electron chi connectivity index (χ4n) is 2.00. The van der Waals surface area contributed by atoms with E-state index in [4.69, 9.17) is 0 Å². The van der Waals surface area contributed by atoms with Crippen molar-refractivity contribution in [1.82, 2.24) is 5.32 Å². The predicted molar refractivity (Wildman–Crippen MR) is 68.3 cm³/mol. The summed E-state index contributed by atoms with van der Waals surface area (Å²) in [7, 11) is 0. The van der Waals surface area contributed by atoms with E-state index in [1.807, 2.05) is 0 Å². The van der Waals surface area contributed by atoms with Gasteiger partial charge in [-0.15, -0.1) is 0 Å². The van der Waals surface area contributed by atoms with Gasteiger partial charge in [-0.05, 0) is 43.7 Å². The molecule has 0 amide bonds. The molecule has 1 heterocycles. The Balaban J connectivity index is 1.73. The number of hydrogen-bond acceptors (Lipinski definition) is 2. The molecule has 82 valence electrons. The SMILES string of the molecule is Cc1cccc(CSCC2CCNC2)c1. The smallest absolute Gasteiger partial charge is 0.0184 e. The minimum Gasteiger partial charge on any atom is -0.316 e.